The van der Waals surface area contributed by atoms with Crippen LogP contribution in [-0.4, -0.2) is 62.9 Å². The maximum Gasteiger partial charge on any atom is 0.573 e. The summed E-state index contributed by atoms with van der Waals surface area (Å²) in [7, 11) is 1.00. The number of allylic oxidation sites excluding steroid dienone is 3. The average Bonchev–Trinajstić information content (AvgIpc) is 3.07. The number of hydrogen-bond donors (Lipinski definition) is 2. The SMILES string of the molecule is C=C/C=C\C(OC(F)(F)F)=C(/C)C(=O)Nc1ccc(C)cc1.CC.CCOCC(CCOC(C)=O)(C(=O)OCC)c1ccccc1.CO. The molecule has 0 saturated heterocycles. The molecule has 0 fully saturated rings. The number of aliphatic hydroxyl groups excluding tert-OH is 1. The highest BCUT2D eigenvalue weighted by molar-refractivity contribution is 6.03. The lowest BCUT2D eigenvalue weighted by atomic mass is 9.78. The molecule has 0 saturated carbocycles. The lowest BCUT2D eigenvalue weighted by Crippen LogP contribution is -2.43. The molecule has 0 heterocycles. The number of halogens is 3. The summed E-state index contributed by atoms with van der Waals surface area (Å²) in [4.78, 5) is 35.6. The Hall–Kier alpha value is -4.42. The van der Waals surface area contributed by atoms with Gasteiger partial charge in [0.2, 0.25) is 0 Å². The smallest absolute Gasteiger partial charge is 0.466 e. The van der Waals surface area contributed by atoms with E-state index in [1.54, 1.807) is 31.2 Å². The molecule has 2 aromatic carbocycles. The molecule has 268 valence electrons. The predicted octanol–water partition coefficient (Wildman–Crippen LogP) is 7.60. The number of hydrogen-bond acceptors (Lipinski definition) is 8. The van der Waals surface area contributed by atoms with Crippen LogP contribution in [0, 0.1) is 6.92 Å². The molecule has 0 radical (unpaired) electrons. The van der Waals surface area contributed by atoms with Crippen LogP contribution in [0.15, 0.2) is 90.7 Å². The third-order valence-electron chi connectivity index (χ3n) is 6.01. The number of anilines is 1. The standard InChI is InChI=1S/C17H24O5.C16H16F3NO2.C2H6.CH4O/c1-4-20-13-17(16(19)21-5-2,11-12-22-14(3)18)15-9-7-6-8-10-15;1-4-5-6-14(22-16(17,18)19)12(3)15(21)20-13-9-7-11(2)8-10-13;2*1-2/h6-10H,4-5,11-13H2,1-3H3;4-10H,1H2,2-3H3,(H,20,21);1-2H3;2H,1H3/b;6-5-,14-12-;;. The number of amides is 1. The molecule has 0 aliphatic rings. The number of benzene rings is 2. The fourth-order valence-corrected chi connectivity index (χ4v) is 3.74. The Bertz CT molecular complexity index is 1280. The van der Waals surface area contributed by atoms with Crippen LogP contribution in [-0.2, 0) is 38.7 Å². The third kappa shape index (κ3) is 18.1. The Labute approximate surface area is 282 Å². The zero-order valence-corrected chi connectivity index (χ0v) is 29.1. The van der Waals surface area contributed by atoms with Crippen molar-refractivity contribution in [3.8, 4) is 0 Å². The van der Waals surface area contributed by atoms with Gasteiger partial charge in [-0.3, -0.25) is 14.4 Å². The van der Waals surface area contributed by atoms with Crippen molar-refractivity contribution in [1.82, 2.24) is 0 Å². The minimum atomic E-state index is -4.88. The molecule has 0 aromatic heterocycles. The van der Waals surface area contributed by atoms with Crippen LogP contribution in [0.5, 0.6) is 0 Å². The molecule has 1 atom stereocenters. The zero-order chi connectivity index (χ0) is 37.2. The second-order valence-corrected chi connectivity index (χ2v) is 9.35. The number of carbonyl (C=O) groups is 3. The van der Waals surface area contributed by atoms with Crippen molar-refractivity contribution in [3.63, 3.8) is 0 Å². The fourth-order valence-electron chi connectivity index (χ4n) is 3.74. The Morgan fingerprint density at radius 1 is 0.917 bits per heavy atom. The first-order valence-corrected chi connectivity index (χ1v) is 15.3. The van der Waals surface area contributed by atoms with Crippen molar-refractivity contribution in [1.29, 1.82) is 0 Å². The van der Waals surface area contributed by atoms with Crippen LogP contribution in [0.4, 0.5) is 18.9 Å². The number of aryl methyl sites for hydroxylation is 1. The molecular formula is C36H50F3NO8. The van der Waals surface area contributed by atoms with Gasteiger partial charge >= 0.3 is 18.3 Å². The Balaban J connectivity index is 0. The van der Waals surface area contributed by atoms with Gasteiger partial charge < -0.3 is 29.4 Å². The molecule has 0 spiro atoms. The van der Waals surface area contributed by atoms with E-state index >= 15 is 0 Å². The molecule has 1 amide bonds. The number of nitrogens with one attached hydrogen (secondary N) is 1. The predicted molar refractivity (Wildman–Crippen MR) is 181 cm³/mol. The largest absolute Gasteiger partial charge is 0.573 e. The van der Waals surface area contributed by atoms with Crippen molar-refractivity contribution in [3.05, 3.63) is 102 Å². The highest BCUT2D eigenvalue weighted by Gasteiger charge is 2.42. The molecule has 9 nitrogen and oxygen atoms in total. The molecule has 48 heavy (non-hydrogen) atoms. The van der Waals surface area contributed by atoms with Crippen molar-refractivity contribution >= 4 is 23.5 Å². The molecular weight excluding hydrogens is 631 g/mol. The maximum absolute atomic E-state index is 12.6. The van der Waals surface area contributed by atoms with E-state index in [0.29, 0.717) is 18.7 Å². The van der Waals surface area contributed by atoms with E-state index in [2.05, 4.69) is 16.6 Å². The first-order chi connectivity index (χ1) is 22.8. The van der Waals surface area contributed by atoms with Gasteiger partial charge in [-0.2, -0.15) is 0 Å². The van der Waals surface area contributed by atoms with E-state index in [1.807, 2.05) is 58.0 Å². The minimum Gasteiger partial charge on any atom is -0.466 e. The van der Waals surface area contributed by atoms with Crippen LogP contribution in [0.25, 0.3) is 0 Å². The quantitative estimate of drug-likeness (QED) is 0.0906. The van der Waals surface area contributed by atoms with Crippen molar-refractivity contribution in [2.24, 2.45) is 0 Å². The lowest BCUT2D eigenvalue weighted by molar-refractivity contribution is -0.303. The normalized spacial score (nSPS) is 12.2. The summed E-state index contributed by atoms with van der Waals surface area (Å²) < 4.78 is 56.8. The number of aliphatic hydroxyl groups is 1. The molecule has 1 unspecified atom stereocenters. The topological polar surface area (TPSA) is 120 Å². The van der Waals surface area contributed by atoms with E-state index in [-0.39, 0.29) is 37.3 Å². The van der Waals surface area contributed by atoms with Gasteiger partial charge in [0.25, 0.3) is 5.91 Å². The number of esters is 2. The Kier molecular flexibility index (Phi) is 24.4. The molecule has 2 rings (SSSR count). The minimum absolute atomic E-state index is 0.135. The molecule has 2 N–H and O–H groups in total. The highest BCUT2D eigenvalue weighted by atomic mass is 19.4. The first kappa shape index (κ1) is 45.7. The van der Waals surface area contributed by atoms with Gasteiger partial charge in [-0.15, -0.1) is 13.2 Å². The van der Waals surface area contributed by atoms with Gasteiger partial charge in [0, 0.05) is 32.7 Å². The van der Waals surface area contributed by atoms with Crippen molar-refractivity contribution in [2.75, 3.05) is 38.9 Å². The van der Waals surface area contributed by atoms with Crippen LogP contribution >= 0.6 is 0 Å². The van der Waals surface area contributed by atoms with Gasteiger partial charge in [-0.1, -0.05) is 80.6 Å². The lowest BCUT2D eigenvalue weighted by Gasteiger charge is -2.31. The van der Waals surface area contributed by atoms with Crippen LogP contribution in [0.1, 0.15) is 59.1 Å². The van der Waals surface area contributed by atoms with Crippen LogP contribution in [0.3, 0.4) is 0 Å². The molecule has 0 bridgehead atoms. The monoisotopic (exact) mass is 681 g/mol. The number of rotatable bonds is 14. The second kappa shape index (κ2) is 25.6. The average molecular weight is 682 g/mol. The summed E-state index contributed by atoms with van der Waals surface area (Å²) in [5, 5.41) is 9.51. The number of alkyl halides is 3. The summed E-state index contributed by atoms with van der Waals surface area (Å²) in [5.41, 5.74) is 1.11. The Morgan fingerprint density at radius 3 is 1.98 bits per heavy atom. The van der Waals surface area contributed by atoms with Gasteiger partial charge in [-0.25, -0.2) is 0 Å². The van der Waals surface area contributed by atoms with E-state index < -0.39 is 23.4 Å². The van der Waals surface area contributed by atoms with Gasteiger partial charge in [0.1, 0.15) is 11.2 Å². The maximum atomic E-state index is 12.6. The van der Waals surface area contributed by atoms with Crippen LogP contribution in [0.2, 0.25) is 0 Å². The summed E-state index contributed by atoms with van der Waals surface area (Å²) in [6.45, 7) is 16.6. The fraction of sp³-hybridized carbons (Fsp3) is 0.417. The van der Waals surface area contributed by atoms with Crippen molar-refractivity contribution < 1.29 is 51.6 Å². The summed E-state index contributed by atoms with van der Waals surface area (Å²) in [6, 6.07) is 16.2. The van der Waals surface area contributed by atoms with Gasteiger partial charge in [0.05, 0.1) is 25.4 Å². The van der Waals surface area contributed by atoms with Gasteiger partial charge in [-0.05, 0) is 51.5 Å². The van der Waals surface area contributed by atoms with E-state index in [4.69, 9.17) is 19.3 Å². The molecule has 12 heteroatoms. The number of ether oxygens (including phenoxy) is 4. The molecule has 2 aromatic rings. The van der Waals surface area contributed by atoms with E-state index in [1.165, 1.54) is 26.0 Å². The molecule has 0 aliphatic heterocycles. The zero-order valence-electron chi connectivity index (χ0n) is 29.1. The van der Waals surface area contributed by atoms with Crippen molar-refractivity contribution in [2.45, 2.75) is 66.7 Å². The summed E-state index contributed by atoms with van der Waals surface area (Å²) in [6.07, 6.45) is -0.999. The first-order valence-electron chi connectivity index (χ1n) is 15.3. The summed E-state index contributed by atoms with van der Waals surface area (Å²) in [5.74, 6) is -2.00. The van der Waals surface area contributed by atoms with E-state index in [9.17, 15) is 27.6 Å². The van der Waals surface area contributed by atoms with E-state index in [0.717, 1.165) is 24.3 Å². The highest BCUT2D eigenvalue weighted by Crippen LogP contribution is 2.31. The third-order valence-corrected chi connectivity index (χ3v) is 6.01. The Morgan fingerprint density at radius 2 is 1.50 bits per heavy atom. The second-order valence-electron chi connectivity index (χ2n) is 9.35. The molecule has 0 aliphatic carbocycles. The van der Waals surface area contributed by atoms with Crippen LogP contribution < -0.4 is 5.32 Å². The van der Waals surface area contributed by atoms with Gasteiger partial charge in [0.15, 0.2) is 0 Å². The summed E-state index contributed by atoms with van der Waals surface area (Å²) >= 11 is 0. The number of carbonyl (C=O) groups excluding carboxylic acids is 3.